The van der Waals surface area contributed by atoms with E-state index in [0.717, 1.165) is 0 Å². The molecule has 7 heteroatoms. The minimum absolute atomic E-state index is 0.205. The van der Waals surface area contributed by atoms with E-state index in [4.69, 9.17) is 0 Å². The third-order valence-corrected chi connectivity index (χ3v) is 3.74. The maximum Gasteiger partial charge on any atom is 0.280 e. The normalized spacial score (nSPS) is 10.9. The van der Waals surface area contributed by atoms with E-state index in [1.807, 2.05) is 0 Å². The van der Waals surface area contributed by atoms with E-state index in [0.29, 0.717) is 16.6 Å². The number of hydrogen-bond donors (Lipinski definition) is 2. The largest absolute Gasteiger partial charge is 0.506 e. The van der Waals surface area contributed by atoms with Crippen molar-refractivity contribution in [1.29, 1.82) is 0 Å². The third-order valence-electron chi connectivity index (χ3n) is 3.74. The van der Waals surface area contributed by atoms with Crippen molar-refractivity contribution in [2.24, 2.45) is 5.10 Å². The molecule has 26 heavy (non-hydrogen) atoms. The average molecular weight is 348 g/mol. The molecule has 0 spiro atoms. The van der Waals surface area contributed by atoms with Gasteiger partial charge in [0.25, 0.3) is 11.5 Å². The molecule has 130 valence electrons. The summed E-state index contributed by atoms with van der Waals surface area (Å²) in [5.41, 5.74) is 2.32. The lowest BCUT2D eigenvalue weighted by Crippen LogP contribution is -2.31. The molecule has 3 aromatic rings. The Balaban J connectivity index is 2.01. The van der Waals surface area contributed by atoms with Gasteiger partial charge in [0.15, 0.2) is 0 Å². The smallest absolute Gasteiger partial charge is 0.280 e. The van der Waals surface area contributed by atoms with Crippen LogP contribution in [0.1, 0.15) is 16.1 Å². The Morgan fingerprint density at radius 2 is 2.04 bits per heavy atom. The van der Waals surface area contributed by atoms with Crippen LogP contribution >= 0.6 is 0 Å². The number of carbonyl (C=O) groups excluding carboxylic acids is 1. The summed E-state index contributed by atoms with van der Waals surface area (Å²) in [6, 6.07) is 12.0. The Hall–Kier alpha value is -3.74. The zero-order valence-electron chi connectivity index (χ0n) is 13.8. The first kappa shape index (κ1) is 17.1. The predicted octanol–water partition coefficient (Wildman–Crippen LogP) is 2.05. The average Bonchev–Trinajstić information content (AvgIpc) is 2.66. The van der Waals surface area contributed by atoms with E-state index < -0.39 is 11.5 Å². The number of aromatic nitrogens is 2. The van der Waals surface area contributed by atoms with Crippen molar-refractivity contribution in [2.75, 3.05) is 0 Å². The van der Waals surface area contributed by atoms with Crippen LogP contribution < -0.4 is 11.0 Å². The van der Waals surface area contributed by atoms with Crippen LogP contribution in [-0.4, -0.2) is 26.8 Å². The molecule has 0 radical (unpaired) electrons. The number of fused-ring (bicyclic) bond motifs is 1. The van der Waals surface area contributed by atoms with Gasteiger partial charge in [0.1, 0.15) is 11.3 Å². The Labute approximate surface area is 148 Å². The maximum atomic E-state index is 12.7. The number of aromatic hydroxyl groups is 1. The van der Waals surface area contributed by atoms with Gasteiger partial charge in [-0.15, -0.1) is 6.58 Å². The van der Waals surface area contributed by atoms with Crippen LogP contribution in [0.15, 0.2) is 71.2 Å². The predicted molar refractivity (Wildman–Crippen MR) is 99.4 cm³/mol. The summed E-state index contributed by atoms with van der Waals surface area (Å²) in [6.45, 7) is 3.84. The molecule has 0 saturated carbocycles. The lowest BCUT2D eigenvalue weighted by molar-refractivity contribution is 0.0950. The number of amides is 1. The van der Waals surface area contributed by atoms with E-state index in [1.54, 1.807) is 54.7 Å². The molecule has 0 bridgehead atoms. The van der Waals surface area contributed by atoms with Gasteiger partial charge < -0.3 is 9.67 Å². The van der Waals surface area contributed by atoms with Crippen LogP contribution in [0.4, 0.5) is 0 Å². The second-order valence-corrected chi connectivity index (χ2v) is 5.40. The first-order chi connectivity index (χ1) is 12.6. The molecular weight excluding hydrogens is 332 g/mol. The van der Waals surface area contributed by atoms with Gasteiger partial charge in [0.05, 0.1) is 17.4 Å². The van der Waals surface area contributed by atoms with Crippen LogP contribution in [0.3, 0.4) is 0 Å². The van der Waals surface area contributed by atoms with Crippen LogP contribution in [0, 0.1) is 0 Å². The molecule has 1 amide bonds. The molecule has 7 nitrogen and oxygen atoms in total. The standard InChI is InChI=1S/C19H16N4O3/c1-2-11-23-15-9-4-3-8-14(15)17(24)16(19(23)26)18(25)22-21-12-13-7-5-6-10-20-13/h2-10,12,24H,1,11H2,(H,22,25)/b21-12-. The molecule has 0 aliphatic rings. The first-order valence-corrected chi connectivity index (χ1v) is 7.83. The lowest BCUT2D eigenvalue weighted by Gasteiger charge is -2.12. The van der Waals surface area contributed by atoms with Gasteiger partial charge in [-0.1, -0.05) is 24.3 Å². The number of benzene rings is 1. The third kappa shape index (κ3) is 3.23. The minimum Gasteiger partial charge on any atom is -0.506 e. The van der Waals surface area contributed by atoms with Gasteiger partial charge in [0.2, 0.25) is 0 Å². The van der Waals surface area contributed by atoms with Crippen LogP contribution in [0.5, 0.6) is 5.75 Å². The van der Waals surface area contributed by atoms with Crippen molar-refractivity contribution in [3.05, 3.63) is 82.9 Å². The zero-order valence-corrected chi connectivity index (χ0v) is 13.8. The molecule has 2 heterocycles. The monoisotopic (exact) mass is 348 g/mol. The molecular formula is C19H16N4O3. The Kier molecular flexibility index (Phi) is 4.89. The van der Waals surface area contributed by atoms with Gasteiger partial charge in [-0.3, -0.25) is 14.6 Å². The Morgan fingerprint density at radius 3 is 2.77 bits per heavy atom. The molecule has 3 rings (SSSR count). The number of allylic oxidation sites excluding steroid dienone is 1. The van der Waals surface area contributed by atoms with E-state index in [-0.39, 0.29) is 17.9 Å². The SMILES string of the molecule is C=CCn1c(=O)c(C(=O)N/N=C\c2ccccn2)c(O)c2ccccc21. The van der Waals surface area contributed by atoms with Crippen molar-refractivity contribution < 1.29 is 9.90 Å². The molecule has 1 aromatic carbocycles. The van der Waals surface area contributed by atoms with Gasteiger partial charge >= 0.3 is 0 Å². The second kappa shape index (κ2) is 7.43. The van der Waals surface area contributed by atoms with Crippen molar-refractivity contribution in [3.63, 3.8) is 0 Å². The quantitative estimate of drug-likeness (QED) is 0.419. The van der Waals surface area contributed by atoms with Crippen molar-refractivity contribution in [3.8, 4) is 5.75 Å². The summed E-state index contributed by atoms with van der Waals surface area (Å²) in [4.78, 5) is 29.2. The lowest BCUT2D eigenvalue weighted by atomic mass is 10.1. The van der Waals surface area contributed by atoms with Gasteiger partial charge in [-0.05, 0) is 24.3 Å². The van der Waals surface area contributed by atoms with Crippen LogP contribution in [0.2, 0.25) is 0 Å². The second-order valence-electron chi connectivity index (χ2n) is 5.40. The highest BCUT2D eigenvalue weighted by Gasteiger charge is 2.21. The van der Waals surface area contributed by atoms with Gasteiger partial charge in [0, 0.05) is 18.1 Å². The molecule has 0 fully saturated rings. The molecule has 0 aliphatic heterocycles. The summed E-state index contributed by atoms with van der Waals surface area (Å²) in [5, 5.41) is 14.6. The first-order valence-electron chi connectivity index (χ1n) is 7.83. The highest BCUT2D eigenvalue weighted by atomic mass is 16.3. The summed E-state index contributed by atoms with van der Waals surface area (Å²) < 4.78 is 1.37. The number of nitrogens with zero attached hydrogens (tertiary/aromatic N) is 3. The van der Waals surface area contributed by atoms with Crippen LogP contribution in [0.25, 0.3) is 10.9 Å². The summed E-state index contributed by atoms with van der Waals surface area (Å²) >= 11 is 0. The molecule has 0 aliphatic carbocycles. The number of hydrogen-bond acceptors (Lipinski definition) is 5. The summed E-state index contributed by atoms with van der Waals surface area (Å²) in [7, 11) is 0. The number of nitrogens with one attached hydrogen (secondary N) is 1. The van der Waals surface area contributed by atoms with Crippen molar-refractivity contribution >= 4 is 23.0 Å². The number of para-hydroxylation sites is 1. The van der Waals surface area contributed by atoms with E-state index in [1.165, 1.54) is 10.8 Å². The fourth-order valence-electron chi connectivity index (χ4n) is 2.57. The molecule has 2 aromatic heterocycles. The number of carbonyl (C=O) groups is 1. The van der Waals surface area contributed by atoms with Crippen molar-refractivity contribution in [2.45, 2.75) is 6.54 Å². The maximum absolute atomic E-state index is 12.7. The van der Waals surface area contributed by atoms with Gasteiger partial charge in [-0.2, -0.15) is 5.10 Å². The van der Waals surface area contributed by atoms with Crippen LogP contribution in [-0.2, 0) is 6.54 Å². The van der Waals surface area contributed by atoms with Crippen molar-refractivity contribution in [1.82, 2.24) is 15.0 Å². The fourth-order valence-corrected chi connectivity index (χ4v) is 2.57. The highest BCUT2D eigenvalue weighted by Crippen LogP contribution is 2.26. The zero-order chi connectivity index (χ0) is 18.5. The Morgan fingerprint density at radius 1 is 1.27 bits per heavy atom. The van der Waals surface area contributed by atoms with E-state index in [2.05, 4.69) is 22.1 Å². The molecule has 0 unspecified atom stereocenters. The number of pyridine rings is 2. The number of hydrazone groups is 1. The summed E-state index contributed by atoms with van der Waals surface area (Å²) in [5.74, 6) is -1.18. The minimum atomic E-state index is -0.803. The number of rotatable bonds is 5. The fraction of sp³-hybridized carbons (Fsp3) is 0.0526. The highest BCUT2D eigenvalue weighted by molar-refractivity contribution is 6.02. The summed E-state index contributed by atoms with van der Waals surface area (Å²) in [6.07, 6.45) is 4.48. The molecule has 0 atom stereocenters. The van der Waals surface area contributed by atoms with E-state index >= 15 is 0 Å². The van der Waals surface area contributed by atoms with E-state index in [9.17, 15) is 14.7 Å². The topological polar surface area (TPSA) is 96.6 Å². The Bertz CT molecular complexity index is 1060. The van der Waals surface area contributed by atoms with Gasteiger partial charge in [-0.25, -0.2) is 5.43 Å². The molecule has 2 N–H and O–H groups in total. The molecule has 0 saturated heterocycles.